The van der Waals surface area contributed by atoms with E-state index in [9.17, 15) is 20.4 Å². The van der Waals surface area contributed by atoms with Crippen LogP contribution in [0.2, 0.25) is 0 Å². The van der Waals surface area contributed by atoms with E-state index in [0.29, 0.717) is 41.9 Å². The zero-order chi connectivity index (χ0) is 25.1. The average Bonchev–Trinajstić information content (AvgIpc) is 2.87. The van der Waals surface area contributed by atoms with Crippen molar-refractivity contribution in [3.8, 4) is 67.9 Å². The van der Waals surface area contributed by atoms with Gasteiger partial charge in [0.25, 0.3) is 0 Å². The Bertz CT molecular complexity index is 1540. The molecule has 4 aromatic carbocycles. The van der Waals surface area contributed by atoms with E-state index < -0.39 is 0 Å². The minimum absolute atomic E-state index is 0.0248. The second kappa shape index (κ2) is 8.12. The van der Waals surface area contributed by atoms with E-state index in [2.05, 4.69) is 0 Å². The number of phenols is 4. The molecule has 6 rings (SSSR count). The fourth-order valence-corrected chi connectivity index (χ4v) is 5.86. The zero-order valence-corrected chi connectivity index (χ0v) is 20.1. The third-order valence-electron chi connectivity index (χ3n) is 7.41. The Labute approximate surface area is 208 Å². The van der Waals surface area contributed by atoms with E-state index >= 15 is 0 Å². The van der Waals surface area contributed by atoms with Gasteiger partial charge in [0.2, 0.25) is 0 Å². The minimum atomic E-state index is 0.0248. The van der Waals surface area contributed by atoms with Crippen molar-refractivity contribution in [2.75, 3.05) is 14.2 Å². The maximum atomic E-state index is 11.2. The van der Waals surface area contributed by atoms with E-state index in [0.717, 1.165) is 50.9 Å². The lowest BCUT2D eigenvalue weighted by atomic mass is 9.78. The van der Waals surface area contributed by atoms with Crippen LogP contribution in [0.25, 0.3) is 33.4 Å². The van der Waals surface area contributed by atoms with Crippen LogP contribution in [0.1, 0.15) is 22.3 Å². The zero-order valence-electron chi connectivity index (χ0n) is 20.1. The summed E-state index contributed by atoms with van der Waals surface area (Å²) in [7, 11) is 3.14. The summed E-state index contributed by atoms with van der Waals surface area (Å²) in [5.74, 6) is 1.59. The maximum absolute atomic E-state index is 11.2. The van der Waals surface area contributed by atoms with Crippen molar-refractivity contribution >= 4 is 0 Å². The number of fused-ring (bicyclic) bond motifs is 6. The van der Waals surface area contributed by atoms with E-state index in [1.807, 2.05) is 12.1 Å². The van der Waals surface area contributed by atoms with Crippen LogP contribution in [0, 0.1) is 0 Å². The van der Waals surface area contributed by atoms with Gasteiger partial charge >= 0.3 is 0 Å². The van der Waals surface area contributed by atoms with Crippen LogP contribution in [0.5, 0.6) is 34.5 Å². The van der Waals surface area contributed by atoms with Crippen LogP contribution in [-0.4, -0.2) is 34.6 Å². The Kier molecular flexibility index (Phi) is 5.00. The number of phenolic OH excluding ortho intramolecular Hbond substituents is 4. The predicted molar refractivity (Wildman–Crippen MR) is 137 cm³/mol. The number of methoxy groups -OCH3 is 2. The molecular weight excluding hydrogens is 456 g/mol. The Morgan fingerprint density at radius 1 is 0.528 bits per heavy atom. The van der Waals surface area contributed by atoms with Crippen LogP contribution in [0.3, 0.4) is 0 Å². The molecule has 6 nitrogen and oxygen atoms in total. The fourth-order valence-electron chi connectivity index (χ4n) is 5.86. The molecule has 2 aliphatic rings. The SMILES string of the molecule is COc1cc(O)cc2c1-c1cc(-c3c(O)cc(OC)c4c3CCc3cc(O)ccc3-4)c(O)cc1CC2. The van der Waals surface area contributed by atoms with Crippen LogP contribution in [0.15, 0.2) is 48.5 Å². The highest BCUT2D eigenvalue weighted by molar-refractivity contribution is 5.93. The van der Waals surface area contributed by atoms with Gasteiger partial charge in [-0.1, -0.05) is 6.07 Å². The molecule has 0 spiro atoms. The molecular formula is C30H26O6. The number of aryl methyl sites for hydroxylation is 3. The second-order valence-corrected chi connectivity index (χ2v) is 9.38. The molecule has 4 aromatic rings. The molecule has 0 atom stereocenters. The molecule has 0 heterocycles. The van der Waals surface area contributed by atoms with Crippen LogP contribution >= 0.6 is 0 Å². The van der Waals surface area contributed by atoms with E-state index in [4.69, 9.17) is 9.47 Å². The molecule has 6 heteroatoms. The van der Waals surface area contributed by atoms with E-state index in [-0.39, 0.29) is 23.0 Å². The summed E-state index contributed by atoms with van der Waals surface area (Å²) in [4.78, 5) is 0. The van der Waals surface area contributed by atoms with Gasteiger partial charge in [-0.15, -0.1) is 0 Å². The van der Waals surface area contributed by atoms with Crippen LogP contribution in [-0.2, 0) is 25.7 Å². The lowest BCUT2D eigenvalue weighted by Crippen LogP contribution is -2.09. The van der Waals surface area contributed by atoms with Gasteiger partial charge in [0.05, 0.1) is 14.2 Å². The third kappa shape index (κ3) is 3.25. The summed E-state index contributed by atoms with van der Waals surface area (Å²) in [6.07, 6.45) is 2.72. The van der Waals surface area contributed by atoms with Gasteiger partial charge in [-0.25, -0.2) is 0 Å². The number of hydrogen-bond donors (Lipinski definition) is 4. The summed E-state index contributed by atoms with van der Waals surface area (Å²) in [5.41, 5.74) is 8.52. The molecule has 0 fully saturated rings. The van der Waals surface area contributed by atoms with Gasteiger partial charge in [-0.05, 0) is 89.4 Å². The van der Waals surface area contributed by atoms with Crippen LogP contribution in [0.4, 0.5) is 0 Å². The van der Waals surface area contributed by atoms with Crippen molar-refractivity contribution in [1.29, 1.82) is 0 Å². The smallest absolute Gasteiger partial charge is 0.130 e. The molecule has 0 aliphatic heterocycles. The number of benzene rings is 4. The number of hydrogen-bond acceptors (Lipinski definition) is 6. The topological polar surface area (TPSA) is 99.4 Å². The number of ether oxygens (including phenoxy) is 2. The monoisotopic (exact) mass is 482 g/mol. The number of rotatable bonds is 3. The van der Waals surface area contributed by atoms with Gasteiger partial charge in [0.15, 0.2) is 0 Å². The first kappa shape index (κ1) is 22.2. The van der Waals surface area contributed by atoms with Gasteiger partial charge < -0.3 is 29.9 Å². The lowest BCUT2D eigenvalue weighted by Gasteiger charge is -2.27. The van der Waals surface area contributed by atoms with Gasteiger partial charge in [0.1, 0.15) is 34.5 Å². The molecule has 0 unspecified atom stereocenters. The molecule has 2 aliphatic carbocycles. The van der Waals surface area contributed by atoms with Crippen molar-refractivity contribution in [1.82, 2.24) is 0 Å². The molecule has 4 N–H and O–H groups in total. The highest BCUT2D eigenvalue weighted by Gasteiger charge is 2.29. The van der Waals surface area contributed by atoms with Gasteiger partial charge in [-0.3, -0.25) is 0 Å². The Hall–Kier alpha value is -4.32. The summed E-state index contributed by atoms with van der Waals surface area (Å²) in [6, 6.07) is 13.9. The van der Waals surface area contributed by atoms with Crippen molar-refractivity contribution < 1.29 is 29.9 Å². The molecule has 0 bridgehead atoms. The van der Waals surface area contributed by atoms with Crippen molar-refractivity contribution in [3.05, 3.63) is 70.8 Å². The molecule has 0 saturated carbocycles. The first-order valence-electron chi connectivity index (χ1n) is 11.9. The van der Waals surface area contributed by atoms with Gasteiger partial charge in [0, 0.05) is 34.4 Å². The average molecular weight is 483 g/mol. The van der Waals surface area contributed by atoms with Crippen molar-refractivity contribution in [3.63, 3.8) is 0 Å². The first-order chi connectivity index (χ1) is 17.4. The normalized spacial score (nSPS) is 13.3. The maximum Gasteiger partial charge on any atom is 0.130 e. The number of aromatic hydroxyl groups is 4. The Balaban J connectivity index is 1.63. The third-order valence-corrected chi connectivity index (χ3v) is 7.41. The highest BCUT2D eigenvalue weighted by Crippen LogP contribution is 2.52. The highest BCUT2D eigenvalue weighted by atomic mass is 16.5. The molecule has 0 amide bonds. The molecule has 182 valence electrons. The first-order valence-corrected chi connectivity index (χ1v) is 11.9. The molecule has 0 aromatic heterocycles. The minimum Gasteiger partial charge on any atom is -0.508 e. The largest absolute Gasteiger partial charge is 0.508 e. The second-order valence-electron chi connectivity index (χ2n) is 9.38. The summed E-state index contributed by atoms with van der Waals surface area (Å²) in [6.45, 7) is 0. The summed E-state index contributed by atoms with van der Waals surface area (Å²) < 4.78 is 11.3. The molecule has 36 heavy (non-hydrogen) atoms. The molecule has 0 saturated heterocycles. The van der Waals surface area contributed by atoms with Gasteiger partial charge in [-0.2, -0.15) is 0 Å². The lowest BCUT2D eigenvalue weighted by molar-refractivity contribution is 0.408. The summed E-state index contributed by atoms with van der Waals surface area (Å²) >= 11 is 0. The Morgan fingerprint density at radius 3 is 1.97 bits per heavy atom. The quantitative estimate of drug-likeness (QED) is 0.298. The van der Waals surface area contributed by atoms with E-state index in [1.165, 1.54) is 0 Å². The summed E-state index contributed by atoms with van der Waals surface area (Å²) in [5, 5.41) is 42.5. The van der Waals surface area contributed by atoms with Crippen molar-refractivity contribution in [2.45, 2.75) is 25.7 Å². The predicted octanol–water partition coefficient (Wildman–Crippen LogP) is 5.72. The molecule has 0 radical (unpaired) electrons. The standard InChI is InChI=1S/C30H26O6/c1-35-26-12-19(32)10-17-4-3-16-11-24(33)23(13-22(16)28(17)26)29-21-7-5-15-9-18(31)6-8-20(15)30(21)27(36-2)14-25(29)34/h6,8-14,31-34H,3-5,7H2,1-2H3. The Morgan fingerprint density at radius 2 is 1.19 bits per heavy atom. The van der Waals surface area contributed by atoms with E-state index in [1.54, 1.807) is 50.6 Å². The van der Waals surface area contributed by atoms with Crippen molar-refractivity contribution in [2.24, 2.45) is 0 Å². The fraction of sp³-hybridized carbons (Fsp3) is 0.200. The van der Waals surface area contributed by atoms with Crippen LogP contribution < -0.4 is 9.47 Å².